The van der Waals surface area contributed by atoms with Gasteiger partial charge in [-0.05, 0) is 30.3 Å². The topological polar surface area (TPSA) is 82.0 Å². The lowest BCUT2D eigenvalue weighted by atomic mass is 10.2. The number of fused-ring (bicyclic) bond motifs is 1. The number of thioether (sulfide) groups is 1. The number of amides is 1. The summed E-state index contributed by atoms with van der Waals surface area (Å²) in [7, 11) is 1.56. The van der Waals surface area contributed by atoms with Gasteiger partial charge in [-0.2, -0.15) is 5.26 Å². The number of aromatic amines is 1. The number of rotatable bonds is 7. The Labute approximate surface area is 166 Å². The molecular weight excluding hydrogens is 384 g/mol. The number of nitrogens with one attached hydrogen (secondary N) is 1. The summed E-state index contributed by atoms with van der Waals surface area (Å²) >= 11 is 7.29. The van der Waals surface area contributed by atoms with Crippen molar-refractivity contribution >= 4 is 46.0 Å². The van der Waals surface area contributed by atoms with Gasteiger partial charge >= 0.3 is 0 Å². The summed E-state index contributed by atoms with van der Waals surface area (Å²) in [5, 5.41) is 10.2. The van der Waals surface area contributed by atoms with Crippen molar-refractivity contribution in [2.24, 2.45) is 0 Å². The van der Waals surface area contributed by atoms with Crippen molar-refractivity contribution in [2.75, 3.05) is 24.3 Å². The van der Waals surface area contributed by atoms with Crippen molar-refractivity contribution in [3.8, 4) is 11.8 Å². The van der Waals surface area contributed by atoms with Crippen LogP contribution in [0.3, 0.4) is 0 Å². The zero-order valence-electron chi connectivity index (χ0n) is 14.6. The molecule has 138 valence electrons. The maximum absolute atomic E-state index is 12.8. The SMILES string of the molecule is COc1ccccc1N(CCC#N)C(=O)CSc1nc2ccc(Cl)cc2[nH]1. The Bertz CT molecular complexity index is 999. The molecule has 0 aliphatic heterocycles. The Morgan fingerprint density at radius 2 is 2.19 bits per heavy atom. The van der Waals surface area contributed by atoms with Crippen LogP contribution in [0.15, 0.2) is 47.6 Å². The molecule has 0 fully saturated rings. The maximum Gasteiger partial charge on any atom is 0.237 e. The summed E-state index contributed by atoms with van der Waals surface area (Å²) in [6, 6.07) is 14.7. The third-order valence-electron chi connectivity index (χ3n) is 3.88. The number of methoxy groups -OCH3 is 1. The van der Waals surface area contributed by atoms with E-state index in [4.69, 9.17) is 21.6 Å². The normalized spacial score (nSPS) is 10.6. The smallest absolute Gasteiger partial charge is 0.237 e. The van der Waals surface area contributed by atoms with Crippen molar-refractivity contribution in [1.29, 1.82) is 5.26 Å². The summed E-state index contributed by atoms with van der Waals surface area (Å²) < 4.78 is 5.36. The van der Waals surface area contributed by atoms with Crippen LogP contribution in [0, 0.1) is 11.3 Å². The van der Waals surface area contributed by atoms with E-state index >= 15 is 0 Å². The first-order chi connectivity index (χ1) is 13.1. The van der Waals surface area contributed by atoms with Crippen LogP contribution in [-0.2, 0) is 4.79 Å². The third kappa shape index (κ3) is 4.54. The molecule has 1 N–H and O–H groups in total. The van der Waals surface area contributed by atoms with E-state index in [9.17, 15) is 4.79 Å². The fourth-order valence-corrected chi connectivity index (χ4v) is 3.56. The van der Waals surface area contributed by atoms with E-state index in [0.29, 0.717) is 28.2 Å². The van der Waals surface area contributed by atoms with Crippen LogP contribution in [0.25, 0.3) is 11.0 Å². The molecule has 1 amide bonds. The Morgan fingerprint density at radius 3 is 2.96 bits per heavy atom. The highest BCUT2D eigenvalue weighted by molar-refractivity contribution is 7.99. The van der Waals surface area contributed by atoms with E-state index in [-0.39, 0.29) is 18.1 Å². The number of aromatic nitrogens is 2. The number of nitrogens with zero attached hydrogens (tertiary/aromatic N) is 3. The summed E-state index contributed by atoms with van der Waals surface area (Å²) in [4.78, 5) is 22.0. The van der Waals surface area contributed by atoms with Crippen LogP contribution in [0.2, 0.25) is 5.02 Å². The fourth-order valence-electron chi connectivity index (χ4n) is 2.63. The minimum Gasteiger partial charge on any atom is -0.495 e. The second-order valence-electron chi connectivity index (χ2n) is 5.62. The number of hydrogen-bond acceptors (Lipinski definition) is 5. The van der Waals surface area contributed by atoms with Crippen molar-refractivity contribution in [3.63, 3.8) is 0 Å². The molecule has 27 heavy (non-hydrogen) atoms. The second-order valence-corrected chi connectivity index (χ2v) is 7.02. The van der Waals surface area contributed by atoms with E-state index in [1.807, 2.05) is 24.3 Å². The van der Waals surface area contributed by atoms with Gasteiger partial charge in [0.1, 0.15) is 5.75 Å². The van der Waals surface area contributed by atoms with E-state index in [1.165, 1.54) is 11.8 Å². The van der Waals surface area contributed by atoms with Gasteiger partial charge in [0, 0.05) is 11.6 Å². The molecule has 0 radical (unpaired) electrons. The average molecular weight is 401 g/mol. The first-order valence-electron chi connectivity index (χ1n) is 8.21. The molecule has 0 spiro atoms. The van der Waals surface area contributed by atoms with Gasteiger partial charge in [0.15, 0.2) is 5.16 Å². The van der Waals surface area contributed by atoms with Gasteiger partial charge in [-0.1, -0.05) is 35.5 Å². The summed E-state index contributed by atoms with van der Waals surface area (Å²) in [6.07, 6.45) is 0.234. The van der Waals surface area contributed by atoms with Crippen molar-refractivity contribution in [2.45, 2.75) is 11.6 Å². The highest BCUT2D eigenvalue weighted by Crippen LogP contribution is 2.29. The standard InChI is InChI=1S/C19H17ClN4O2S/c1-26-17-6-3-2-5-16(17)24(10-4-9-21)18(25)12-27-19-22-14-8-7-13(20)11-15(14)23-19/h2-3,5-8,11H,4,10,12H2,1H3,(H,22,23). The molecule has 3 rings (SSSR count). The Balaban J connectivity index is 1.76. The predicted octanol–water partition coefficient (Wildman–Crippen LogP) is 4.26. The van der Waals surface area contributed by atoms with Crippen molar-refractivity contribution < 1.29 is 9.53 Å². The molecule has 0 aliphatic carbocycles. The first kappa shape index (κ1) is 19.1. The summed E-state index contributed by atoms with van der Waals surface area (Å²) in [6.45, 7) is 0.298. The van der Waals surface area contributed by atoms with Gasteiger partial charge in [-0.25, -0.2) is 4.98 Å². The lowest BCUT2D eigenvalue weighted by Gasteiger charge is -2.23. The average Bonchev–Trinajstić information content (AvgIpc) is 3.09. The molecule has 2 aromatic carbocycles. The zero-order valence-corrected chi connectivity index (χ0v) is 16.2. The van der Waals surface area contributed by atoms with Gasteiger partial charge < -0.3 is 14.6 Å². The number of nitriles is 1. The monoisotopic (exact) mass is 400 g/mol. The number of carbonyl (C=O) groups excluding carboxylic acids is 1. The second kappa shape index (κ2) is 8.80. The molecule has 8 heteroatoms. The molecule has 3 aromatic rings. The number of imidazole rings is 1. The fraction of sp³-hybridized carbons (Fsp3) is 0.211. The predicted molar refractivity (Wildman–Crippen MR) is 107 cm³/mol. The largest absolute Gasteiger partial charge is 0.495 e. The van der Waals surface area contributed by atoms with Gasteiger partial charge in [0.2, 0.25) is 5.91 Å². The summed E-state index contributed by atoms with van der Waals surface area (Å²) in [5.74, 6) is 0.641. The summed E-state index contributed by atoms with van der Waals surface area (Å²) in [5.41, 5.74) is 2.26. The molecule has 1 heterocycles. The molecule has 6 nitrogen and oxygen atoms in total. The van der Waals surface area contributed by atoms with Crippen LogP contribution >= 0.6 is 23.4 Å². The van der Waals surface area contributed by atoms with Crippen LogP contribution in [0.4, 0.5) is 5.69 Å². The highest BCUT2D eigenvalue weighted by Gasteiger charge is 2.19. The minimum absolute atomic E-state index is 0.127. The number of H-pyrrole nitrogens is 1. The Morgan fingerprint density at radius 1 is 1.37 bits per heavy atom. The molecule has 0 aliphatic rings. The van der Waals surface area contributed by atoms with Crippen LogP contribution in [0.5, 0.6) is 5.75 Å². The van der Waals surface area contributed by atoms with Gasteiger partial charge in [-0.15, -0.1) is 0 Å². The number of para-hydroxylation sites is 2. The Kier molecular flexibility index (Phi) is 6.22. The van der Waals surface area contributed by atoms with Crippen LogP contribution in [-0.4, -0.2) is 35.3 Å². The van der Waals surface area contributed by atoms with Crippen molar-refractivity contribution in [3.05, 3.63) is 47.5 Å². The molecular formula is C19H17ClN4O2S. The third-order valence-corrected chi connectivity index (χ3v) is 4.97. The number of halogens is 1. The van der Waals surface area contributed by atoms with E-state index in [1.54, 1.807) is 30.2 Å². The van der Waals surface area contributed by atoms with E-state index < -0.39 is 0 Å². The lowest BCUT2D eigenvalue weighted by Crippen LogP contribution is -2.33. The highest BCUT2D eigenvalue weighted by atomic mass is 35.5. The number of anilines is 1. The molecule has 0 bridgehead atoms. The molecule has 1 aromatic heterocycles. The zero-order chi connectivity index (χ0) is 19.2. The maximum atomic E-state index is 12.8. The molecule has 0 atom stereocenters. The molecule has 0 unspecified atom stereocenters. The lowest BCUT2D eigenvalue weighted by molar-refractivity contribution is -0.116. The number of benzene rings is 2. The van der Waals surface area contributed by atoms with Crippen LogP contribution in [0.1, 0.15) is 6.42 Å². The number of ether oxygens (including phenoxy) is 1. The van der Waals surface area contributed by atoms with Gasteiger partial charge in [0.05, 0.1) is 42.1 Å². The van der Waals surface area contributed by atoms with Gasteiger partial charge in [0.25, 0.3) is 0 Å². The molecule has 0 saturated carbocycles. The van der Waals surface area contributed by atoms with Gasteiger partial charge in [-0.3, -0.25) is 4.79 Å². The number of carbonyl (C=O) groups is 1. The van der Waals surface area contributed by atoms with E-state index in [0.717, 1.165) is 11.0 Å². The number of hydrogen-bond donors (Lipinski definition) is 1. The van der Waals surface area contributed by atoms with E-state index in [2.05, 4.69) is 16.0 Å². The van der Waals surface area contributed by atoms with Crippen LogP contribution < -0.4 is 9.64 Å². The Hall–Kier alpha value is -2.69. The minimum atomic E-state index is -0.127. The molecule has 0 saturated heterocycles. The first-order valence-corrected chi connectivity index (χ1v) is 9.57. The quantitative estimate of drug-likeness (QED) is 0.599. The van der Waals surface area contributed by atoms with Crippen molar-refractivity contribution in [1.82, 2.24) is 9.97 Å².